The molecule has 0 atom stereocenters. The lowest BCUT2D eigenvalue weighted by Crippen LogP contribution is -2.31. The fourth-order valence-corrected chi connectivity index (χ4v) is 2.63. The van der Waals surface area contributed by atoms with Crippen LogP contribution in [0.4, 0.5) is 5.69 Å². The third kappa shape index (κ3) is 2.85. The molecule has 1 amide bonds. The van der Waals surface area contributed by atoms with Crippen LogP contribution in [0.1, 0.15) is 17.5 Å². The smallest absolute Gasteiger partial charge is 0.227 e. The highest BCUT2D eigenvalue weighted by Gasteiger charge is 2.20. The van der Waals surface area contributed by atoms with Gasteiger partial charge in [0.05, 0.1) is 0 Å². The van der Waals surface area contributed by atoms with Crippen LogP contribution < -0.4 is 4.90 Å². The first-order valence-electron chi connectivity index (χ1n) is 6.24. The molecule has 0 bridgehead atoms. The Morgan fingerprint density at radius 3 is 2.89 bits per heavy atom. The number of fused-ring (bicyclic) bond motifs is 1. The van der Waals surface area contributed by atoms with Gasteiger partial charge in [-0.05, 0) is 30.7 Å². The molecule has 4 heteroatoms. The number of hydrogen-bond acceptors (Lipinski definition) is 2. The van der Waals surface area contributed by atoms with E-state index in [1.165, 1.54) is 11.1 Å². The number of aryl methyl sites for hydroxylation is 1. The van der Waals surface area contributed by atoms with Crippen molar-refractivity contribution in [1.29, 1.82) is 0 Å². The lowest BCUT2D eigenvalue weighted by atomic mass is 9.99. The predicted molar refractivity (Wildman–Crippen MR) is 75.2 cm³/mol. The first kappa shape index (κ1) is 13.4. The van der Waals surface area contributed by atoms with Gasteiger partial charge in [0, 0.05) is 38.1 Å². The Kier molecular flexibility index (Phi) is 4.25. The summed E-state index contributed by atoms with van der Waals surface area (Å²) in [6.07, 6.45) is 1.47. The van der Waals surface area contributed by atoms with E-state index in [1.54, 1.807) is 4.90 Å². The van der Waals surface area contributed by atoms with Crippen molar-refractivity contribution < 1.29 is 4.79 Å². The van der Waals surface area contributed by atoms with Crippen LogP contribution in [-0.4, -0.2) is 37.3 Å². The monoisotopic (exact) mass is 266 g/mol. The second-order valence-corrected chi connectivity index (χ2v) is 5.22. The number of nitrogens with zero attached hydrogens (tertiary/aromatic N) is 2. The minimum Gasteiger partial charge on any atom is -0.315 e. The van der Waals surface area contributed by atoms with Gasteiger partial charge in [0.25, 0.3) is 0 Å². The molecule has 0 N–H and O–H groups in total. The van der Waals surface area contributed by atoms with Crippen LogP contribution in [-0.2, 0) is 17.8 Å². The molecule has 0 aromatic heterocycles. The van der Waals surface area contributed by atoms with E-state index in [0.717, 1.165) is 25.2 Å². The molecule has 0 saturated carbocycles. The zero-order valence-electron chi connectivity index (χ0n) is 10.9. The van der Waals surface area contributed by atoms with Gasteiger partial charge in [0.1, 0.15) is 0 Å². The summed E-state index contributed by atoms with van der Waals surface area (Å²) >= 11 is 5.73. The number of hydrogen-bond donors (Lipinski definition) is 0. The molecule has 98 valence electrons. The highest BCUT2D eigenvalue weighted by atomic mass is 35.5. The van der Waals surface area contributed by atoms with Crippen LogP contribution in [0, 0.1) is 0 Å². The van der Waals surface area contributed by atoms with E-state index < -0.39 is 0 Å². The average Bonchev–Trinajstić information content (AvgIpc) is 2.34. The number of halogens is 1. The van der Waals surface area contributed by atoms with Crippen molar-refractivity contribution in [3.05, 3.63) is 29.3 Å². The van der Waals surface area contributed by atoms with Crippen LogP contribution in [0.3, 0.4) is 0 Å². The number of amides is 1. The van der Waals surface area contributed by atoms with Crippen molar-refractivity contribution in [2.24, 2.45) is 0 Å². The first-order valence-corrected chi connectivity index (χ1v) is 6.78. The first-order chi connectivity index (χ1) is 8.61. The Balaban J connectivity index is 2.15. The summed E-state index contributed by atoms with van der Waals surface area (Å²) in [6, 6.07) is 6.36. The van der Waals surface area contributed by atoms with E-state index in [0.29, 0.717) is 12.3 Å². The molecule has 1 aromatic carbocycles. The summed E-state index contributed by atoms with van der Waals surface area (Å²) in [7, 11) is 3.91. The number of benzene rings is 1. The molecule has 0 aliphatic carbocycles. The molecular formula is C14H19ClN2O. The number of alkyl halides is 1. The maximum Gasteiger partial charge on any atom is 0.227 e. The third-order valence-corrected chi connectivity index (χ3v) is 3.58. The molecule has 0 spiro atoms. The van der Waals surface area contributed by atoms with E-state index in [1.807, 2.05) is 7.05 Å². The molecule has 1 aliphatic rings. The summed E-state index contributed by atoms with van der Waals surface area (Å²) < 4.78 is 0. The third-order valence-electron chi connectivity index (χ3n) is 3.41. The lowest BCUT2D eigenvalue weighted by molar-refractivity contribution is -0.118. The second kappa shape index (κ2) is 5.72. The minimum absolute atomic E-state index is 0.203. The quantitative estimate of drug-likeness (QED) is 0.781. The molecule has 1 heterocycles. The van der Waals surface area contributed by atoms with E-state index >= 15 is 0 Å². The standard InChI is InChI=1S/C14H19ClN2O/c1-16(8-7-15)10-11-3-5-13-12(9-11)4-6-14(18)17(13)2/h3,5,9H,4,6-8,10H2,1-2H3. The average molecular weight is 267 g/mol. The molecule has 1 aliphatic heterocycles. The molecule has 18 heavy (non-hydrogen) atoms. The lowest BCUT2D eigenvalue weighted by Gasteiger charge is -2.26. The van der Waals surface area contributed by atoms with Crippen LogP contribution in [0.5, 0.6) is 0 Å². The Hall–Kier alpha value is -1.06. The van der Waals surface area contributed by atoms with Crippen LogP contribution in [0.15, 0.2) is 18.2 Å². The molecule has 0 saturated heterocycles. The maximum absolute atomic E-state index is 11.6. The minimum atomic E-state index is 0.203. The summed E-state index contributed by atoms with van der Waals surface area (Å²) in [5.74, 6) is 0.855. The van der Waals surface area contributed by atoms with Crippen LogP contribution in [0.25, 0.3) is 0 Å². The summed E-state index contributed by atoms with van der Waals surface area (Å²) in [4.78, 5) is 15.6. The van der Waals surface area contributed by atoms with Gasteiger partial charge in [-0.15, -0.1) is 11.6 Å². The normalized spacial score (nSPS) is 15.1. The summed E-state index contributed by atoms with van der Waals surface area (Å²) in [6.45, 7) is 1.79. The maximum atomic E-state index is 11.6. The summed E-state index contributed by atoms with van der Waals surface area (Å²) in [5.41, 5.74) is 3.60. The molecule has 0 unspecified atom stereocenters. The molecule has 0 fully saturated rings. The fourth-order valence-electron chi connectivity index (χ4n) is 2.34. The van der Waals surface area contributed by atoms with E-state index in [9.17, 15) is 4.79 Å². The Bertz CT molecular complexity index is 447. The largest absolute Gasteiger partial charge is 0.315 e. The molecule has 0 radical (unpaired) electrons. The SMILES string of the molecule is CN(CCCl)Cc1ccc2c(c1)CCC(=O)N2C. The van der Waals surface area contributed by atoms with Gasteiger partial charge < -0.3 is 9.80 Å². The van der Waals surface area contributed by atoms with Gasteiger partial charge in [-0.25, -0.2) is 0 Å². The Morgan fingerprint density at radius 2 is 2.17 bits per heavy atom. The van der Waals surface area contributed by atoms with Gasteiger partial charge in [0.15, 0.2) is 0 Å². The fraction of sp³-hybridized carbons (Fsp3) is 0.500. The number of carbonyl (C=O) groups excluding carboxylic acids is 1. The van der Waals surface area contributed by atoms with Gasteiger partial charge in [-0.1, -0.05) is 12.1 Å². The zero-order valence-corrected chi connectivity index (χ0v) is 11.7. The Morgan fingerprint density at radius 1 is 1.39 bits per heavy atom. The summed E-state index contributed by atoms with van der Waals surface area (Å²) in [5, 5.41) is 0. The van der Waals surface area contributed by atoms with Gasteiger partial charge in [-0.3, -0.25) is 4.79 Å². The molecule has 1 aromatic rings. The Labute approximate surface area is 113 Å². The van der Waals surface area contributed by atoms with E-state index in [-0.39, 0.29) is 5.91 Å². The zero-order chi connectivity index (χ0) is 13.1. The van der Waals surface area contributed by atoms with Gasteiger partial charge in [0.2, 0.25) is 5.91 Å². The number of carbonyl (C=O) groups is 1. The molecular weight excluding hydrogens is 248 g/mol. The highest BCUT2D eigenvalue weighted by Crippen LogP contribution is 2.27. The van der Waals surface area contributed by atoms with Crippen molar-refractivity contribution in [1.82, 2.24) is 4.90 Å². The van der Waals surface area contributed by atoms with Crippen molar-refractivity contribution in [3.8, 4) is 0 Å². The van der Waals surface area contributed by atoms with Crippen molar-refractivity contribution >= 4 is 23.2 Å². The second-order valence-electron chi connectivity index (χ2n) is 4.84. The molecule has 2 rings (SSSR count). The van der Waals surface area contributed by atoms with Crippen molar-refractivity contribution in [2.45, 2.75) is 19.4 Å². The topological polar surface area (TPSA) is 23.6 Å². The highest BCUT2D eigenvalue weighted by molar-refractivity contribution is 6.18. The van der Waals surface area contributed by atoms with Gasteiger partial charge in [-0.2, -0.15) is 0 Å². The van der Waals surface area contributed by atoms with E-state index in [2.05, 4.69) is 30.1 Å². The van der Waals surface area contributed by atoms with Crippen molar-refractivity contribution in [2.75, 3.05) is 31.4 Å². The van der Waals surface area contributed by atoms with Crippen LogP contribution >= 0.6 is 11.6 Å². The van der Waals surface area contributed by atoms with E-state index in [4.69, 9.17) is 11.6 Å². The predicted octanol–water partition coefficient (Wildman–Crippen LogP) is 2.27. The number of rotatable bonds is 4. The van der Waals surface area contributed by atoms with Crippen LogP contribution in [0.2, 0.25) is 0 Å². The van der Waals surface area contributed by atoms with Gasteiger partial charge >= 0.3 is 0 Å². The van der Waals surface area contributed by atoms with Crippen molar-refractivity contribution in [3.63, 3.8) is 0 Å². The molecule has 3 nitrogen and oxygen atoms in total. The number of anilines is 1.